The van der Waals surface area contributed by atoms with Crippen LogP contribution >= 0.6 is 0 Å². The summed E-state index contributed by atoms with van der Waals surface area (Å²) in [6, 6.07) is 11.2. The Labute approximate surface area is 174 Å². The maximum atomic E-state index is 13.1. The van der Waals surface area contributed by atoms with E-state index in [4.69, 9.17) is 0 Å². The third kappa shape index (κ3) is 3.56. The molecule has 6 nitrogen and oxygen atoms in total. The summed E-state index contributed by atoms with van der Waals surface area (Å²) in [5.74, 6) is -1.16. The van der Waals surface area contributed by atoms with Gasteiger partial charge in [-0.05, 0) is 60.6 Å². The van der Waals surface area contributed by atoms with E-state index in [1.807, 2.05) is 18.2 Å². The number of halogens is 1. The van der Waals surface area contributed by atoms with Gasteiger partial charge >= 0.3 is 6.03 Å². The molecule has 1 aliphatic carbocycles. The number of aryl methyl sites for hydroxylation is 2. The first kappa shape index (κ1) is 20.1. The number of urea groups is 1. The molecule has 1 saturated heterocycles. The molecule has 0 bridgehead atoms. The summed E-state index contributed by atoms with van der Waals surface area (Å²) in [6.07, 6.45) is 3.10. The highest BCUT2D eigenvalue weighted by atomic mass is 19.1. The van der Waals surface area contributed by atoms with E-state index in [1.54, 1.807) is 26.1 Å². The fourth-order valence-electron chi connectivity index (χ4n) is 4.13. The molecule has 1 atom stereocenters. The minimum absolute atomic E-state index is 0.255. The van der Waals surface area contributed by atoms with Crippen molar-refractivity contribution in [3.63, 3.8) is 0 Å². The number of imide groups is 1. The van der Waals surface area contributed by atoms with Gasteiger partial charge in [0.25, 0.3) is 5.91 Å². The molecule has 1 heterocycles. The fourth-order valence-corrected chi connectivity index (χ4v) is 4.13. The SMILES string of the molecule is CN(Cc1ccc(F)cc1)C(=O)CN1C(=O)NC(C)(c2ccc3c(c2)CCC3)C1=O. The third-order valence-electron chi connectivity index (χ3n) is 6.00. The van der Waals surface area contributed by atoms with Crippen molar-refractivity contribution in [2.45, 2.75) is 38.3 Å². The number of rotatable bonds is 5. The quantitative estimate of drug-likeness (QED) is 0.772. The molecule has 1 N–H and O–H groups in total. The van der Waals surface area contributed by atoms with Crippen LogP contribution in [0.1, 0.15) is 35.6 Å². The van der Waals surface area contributed by atoms with Gasteiger partial charge in [0.05, 0.1) is 0 Å². The molecule has 7 heteroatoms. The van der Waals surface area contributed by atoms with Gasteiger partial charge < -0.3 is 10.2 Å². The summed E-state index contributed by atoms with van der Waals surface area (Å²) in [5.41, 5.74) is 2.80. The molecule has 2 aromatic rings. The molecule has 0 radical (unpaired) electrons. The normalized spacial score (nSPS) is 20.3. The number of benzene rings is 2. The van der Waals surface area contributed by atoms with E-state index in [9.17, 15) is 18.8 Å². The smallest absolute Gasteiger partial charge is 0.325 e. The molecule has 4 rings (SSSR count). The van der Waals surface area contributed by atoms with Crippen LogP contribution in [0.5, 0.6) is 0 Å². The van der Waals surface area contributed by atoms with Crippen LogP contribution in [0.2, 0.25) is 0 Å². The number of nitrogens with zero attached hydrogens (tertiary/aromatic N) is 2. The lowest BCUT2D eigenvalue weighted by Crippen LogP contribution is -2.43. The van der Waals surface area contributed by atoms with Gasteiger partial charge in [0.15, 0.2) is 0 Å². The first-order valence-corrected chi connectivity index (χ1v) is 10.0. The maximum absolute atomic E-state index is 13.1. The molecule has 0 aromatic heterocycles. The van der Waals surface area contributed by atoms with Crippen molar-refractivity contribution in [1.29, 1.82) is 0 Å². The third-order valence-corrected chi connectivity index (χ3v) is 6.00. The lowest BCUT2D eigenvalue weighted by molar-refractivity contribution is -0.138. The zero-order valence-electron chi connectivity index (χ0n) is 17.1. The van der Waals surface area contributed by atoms with E-state index >= 15 is 0 Å². The van der Waals surface area contributed by atoms with Gasteiger partial charge in [-0.3, -0.25) is 14.5 Å². The number of nitrogens with one attached hydrogen (secondary N) is 1. The summed E-state index contributed by atoms with van der Waals surface area (Å²) < 4.78 is 13.1. The largest absolute Gasteiger partial charge is 0.340 e. The molecular formula is C23H24FN3O3. The van der Waals surface area contributed by atoms with E-state index < -0.39 is 17.5 Å². The monoisotopic (exact) mass is 409 g/mol. The molecule has 0 spiro atoms. The predicted molar refractivity (Wildman–Crippen MR) is 109 cm³/mol. The van der Waals surface area contributed by atoms with E-state index in [0.29, 0.717) is 0 Å². The number of hydrogen-bond donors (Lipinski definition) is 1. The predicted octanol–water partition coefficient (Wildman–Crippen LogP) is 2.74. The number of hydrogen-bond acceptors (Lipinski definition) is 3. The standard InChI is InChI=1S/C23H24FN3O3/c1-23(18-9-8-16-4-3-5-17(16)12-18)21(29)27(22(30)25-23)14-20(28)26(2)13-15-6-10-19(24)11-7-15/h6-12H,3-5,13-14H2,1-2H3,(H,25,30). The number of carbonyl (C=O) groups is 3. The Morgan fingerprint density at radius 2 is 1.83 bits per heavy atom. The second-order valence-electron chi connectivity index (χ2n) is 8.16. The molecule has 0 saturated carbocycles. The van der Waals surface area contributed by atoms with Crippen LogP contribution in [0.15, 0.2) is 42.5 Å². The van der Waals surface area contributed by atoms with Crippen molar-refractivity contribution < 1.29 is 18.8 Å². The zero-order chi connectivity index (χ0) is 21.5. The molecular weight excluding hydrogens is 385 g/mol. The number of likely N-dealkylation sites (N-methyl/N-ethyl adjacent to an activating group) is 1. The second-order valence-corrected chi connectivity index (χ2v) is 8.16. The Morgan fingerprint density at radius 3 is 2.57 bits per heavy atom. The minimum atomic E-state index is -1.19. The van der Waals surface area contributed by atoms with Crippen molar-refractivity contribution in [2.24, 2.45) is 0 Å². The molecule has 2 aromatic carbocycles. The Hall–Kier alpha value is -3.22. The van der Waals surface area contributed by atoms with Crippen LogP contribution in [-0.4, -0.2) is 41.2 Å². The van der Waals surface area contributed by atoms with Gasteiger partial charge in [0.1, 0.15) is 17.9 Å². The van der Waals surface area contributed by atoms with Crippen molar-refractivity contribution >= 4 is 17.8 Å². The van der Waals surface area contributed by atoms with Crippen LogP contribution in [0, 0.1) is 5.82 Å². The summed E-state index contributed by atoms with van der Waals surface area (Å²) in [7, 11) is 1.59. The summed E-state index contributed by atoms with van der Waals surface area (Å²) in [4.78, 5) is 40.7. The van der Waals surface area contributed by atoms with E-state index in [-0.39, 0.29) is 24.8 Å². The molecule has 156 valence electrons. The van der Waals surface area contributed by atoms with Crippen molar-refractivity contribution in [1.82, 2.24) is 15.1 Å². The summed E-state index contributed by atoms with van der Waals surface area (Å²) in [5, 5.41) is 2.76. The van der Waals surface area contributed by atoms with Gasteiger partial charge in [0, 0.05) is 13.6 Å². The molecule has 1 fully saturated rings. The molecule has 2 aliphatic rings. The van der Waals surface area contributed by atoms with Gasteiger partial charge in [-0.1, -0.05) is 30.3 Å². The molecule has 30 heavy (non-hydrogen) atoms. The van der Waals surface area contributed by atoms with Gasteiger partial charge in [-0.15, -0.1) is 0 Å². The Kier molecular flexibility index (Phi) is 5.05. The van der Waals surface area contributed by atoms with Crippen LogP contribution < -0.4 is 5.32 Å². The van der Waals surface area contributed by atoms with Crippen LogP contribution in [-0.2, 0) is 34.5 Å². The van der Waals surface area contributed by atoms with Crippen LogP contribution in [0.3, 0.4) is 0 Å². The van der Waals surface area contributed by atoms with E-state index in [0.717, 1.165) is 35.3 Å². The Morgan fingerprint density at radius 1 is 1.13 bits per heavy atom. The average molecular weight is 409 g/mol. The summed E-state index contributed by atoms with van der Waals surface area (Å²) in [6.45, 7) is 1.59. The number of fused-ring (bicyclic) bond motifs is 1. The molecule has 1 unspecified atom stereocenters. The first-order chi connectivity index (χ1) is 14.3. The topological polar surface area (TPSA) is 69.7 Å². The minimum Gasteiger partial charge on any atom is -0.340 e. The lowest BCUT2D eigenvalue weighted by Gasteiger charge is -2.24. The van der Waals surface area contributed by atoms with E-state index in [1.165, 1.54) is 28.2 Å². The van der Waals surface area contributed by atoms with E-state index in [2.05, 4.69) is 5.32 Å². The van der Waals surface area contributed by atoms with Gasteiger partial charge in [-0.25, -0.2) is 9.18 Å². The van der Waals surface area contributed by atoms with Crippen molar-refractivity contribution in [2.75, 3.05) is 13.6 Å². The first-order valence-electron chi connectivity index (χ1n) is 10.0. The highest BCUT2D eigenvalue weighted by Gasteiger charge is 2.49. The highest BCUT2D eigenvalue weighted by Crippen LogP contribution is 2.32. The summed E-state index contributed by atoms with van der Waals surface area (Å²) >= 11 is 0. The van der Waals surface area contributed by atoms with Crippen LogP contribution in [0.4, 0.5) is 9.18 Å². The lowest BCUT2D eigenvalue weighted by atomic mass is 9.89. The molecule has 4 amide bonds. The van der Waals surface area contributed by atoms with Gasteiger partial charge in [0.2, 0.25) is 5.91 Å². The maximum Gasteiger partial charge on any atom is 0.325 e. The van der Waals surface area contributed by atoms with Gasteiger partial charge in [-0.2, -0.15) is 0 Å². The number of amides is 4. The molecule has 1 aliphatic heterocycles. The fraction of sp³-hybridized carbons (Fsp3) is 0.348. The zero-order valence-corrected chi connectivity index (χ0v) is 17.1. The van der Waals surface area contributed by atoms with Crippen molar-refractivity contribution in [3.05, 3.63) is 70.5 Å². The number of carbonyl (C=O) groups excluding carboxylic acids is 3. The Bertz CT molecular complexity index is 1020. The Balaban J connectivity index is 1.47. The van der Waals surface area contributed by atoms with Crippen molar-refractivity contribution in [3.8, 4) is 0 Å². The highest BCUT2D eigenvalue weighted by molar-refractivity contribution is 6.09. The average Bonchev–Trinajstić information content (AvgIpc) is 3.28. The second kappa shape index (κ2) is 7.55. The van der Waals surface area contributed by atoms with Crippen LogP contribution in [0.25, 0.3) is 0 Å².